The molecule has 1 heterocycles. The van der Waals surface area contributed by atoms with Crippen LogP contribution in [0.3, 0.4) is 0 Å². The van der Waals surface area contributed by atoms with E-state index in [0.29, 0.717) is 11.3 Å². The number of carbonyl (C=O) groups is 1. The normalized spacial score (nSPS) is 11.2. The molecule has 0 atom stereocenters. The number of hydrogen-bond donors (Lipinski definition) is 1. The number of sulfonamides is 1. The maximum atomic E-state index is 13.7. The summed E-state index contributed by atoms with van der Waals surface area (Å²) >= 11 is 0. The van der Waals surface area contributed by atoms with E-state index in [2.05, 4.69) is 4.72 Å². The Hall–Kier alpha value is -3.17. The summed E-state index contributed by atoms with van der Waals surface area (Å²) in [7, 11) is -2.41. The van der Waals surface area contributed by atoms with Crippen LogP contribution in [-0.4, -0.2) is 21.5 Å². The van der Waals surface area contributed by atoms with Crippen molar-refractivity contribution in [1.82, 2.24) is 4.72 Å². The third-order valence-electron chi connectivity index (χ3n) is 4.00. The molecule has 0 aliphatic rings. The number of methoxy groups -OCH3 is 1. The Labute approximate surface area is 167 Å². The average molecular weight is 419 g/mol. The molecule has 0 saturated carbocycles. The van der Waals surface area contributed by atoms with E-state index in [1.54, 1.807) is 18.2 Å². The summed E-state index contributed by atoms with van der Waals surface area (Å²) in [5.74, 6) is -0.646. The molecule has 0 aliphatic carbocycles. The number of hydrogen-bond acceptors (Lipinski definition) is 6. The van der Waals surface area contributed by atoms with Gasteiger partial charge in [-0.15, -0.1) is 0 Å². The maximum absolute atomic E-state index is 13.7. The van der Waals surface area contributed by atoms with Gasteiger partial charge in [-0.1, -0.05) is 6.07 Å². The maximum Gasteiger partial charge on any atom is 0.338 e. The Morgan fingerprint density at radius 2 is 1.90 bits per heavy atom. The summed E-state index contributed by atoms with van der Waals surface area (Å²) in [6.07, 6.45) is 1.45. The highest BCUT2D eigenvalue weighted by molar-refractivity contribution is 7.89. The summed E-state index contributed by atoms with van der Waals surface area (Å²) < 4.78 is 55.7. The van der Waals surface area contributed by atoms with Crippen molar-refractivity contribution in [1.29, 1.82) is 0 Å². The minimum atomic E-state index is -3.76. The molecule has 0 fully saturated rings. The van der Waals surface area contributed by atoms with Gasteiger partial charge in [-0.05, 0) is 54.1 Å². The SMILES string of the molecule is COc1ccc(COC(=O)c2ccc(S(=O)(=O)NCc3ccco3)cc2)cc1F. The van der Waals surface area contributed by atoms with E-state index in [1.165, 1.54) is 49.8 Å². The second kappa shape index (κ2) is 8.89. The largest absolute Gasteiger partial charge is 0.494 e. The van der Waals surface area contributed by atoms with Gasteiger partial charge in [0.15, 0.2) is 11.6 Å². The molecule has 0 amide bonds. The molecule has 3 rings (SSSR count). The van der Waals surface area contributed by atoms with Crippen molar-refractivity contribution in [3.63, 3.8) is 0 Å². The molecular formula is C20H18FNO6S. The molecule has 0 aliphatic heterocycles. The van der Waals surface area contributed by atoms with E-state index < -0.39 is 21.8 Å². The van der Waals surface area contributed by atoms with Gasteiger partial charge in [-0.2, -0.15) is 0 Å². The number of carbonyl (C=O) groups excluding carboxylic acids is 1. The van der Waals surface area contributed by atoms with Crippen molar-refractivity contribution in [3.05, 3.63) is 83.6 Å². The van der Waals surface area contributed by atoms with Crippen LogP contribution in [0.1, 0.15) is 21.7 Å². The van der Waals surface area contributed by atoms with Gasteiger partial charge in [-0.3, -0.25) is 0 Å². The monoisotopic (exact) mass is 419 g/mol. The second-order valence-corrected chi connectivity index (χ2v) is 7.74. The van der Waals surface area contributed by atoms with Crippen LogP contribution in [0.5, 0.6) is 5.75 Å². The first-order valence-electron chi connectivity index (χ1n) is 8.51. The Morgan fingerprint density at radius 3 is 2.52 bits per heavy atom. The van der Waals surface area contributed by atoms with Crippen molar-refractivity contribution < 1.29 is 31.5 Å². The topological polar surface area (TPSA) is 94.8 Å². The zero-order chi connectivity index (χ0) is 20.9. The minimum absolute atomic E-state index is 0.00201. The van der Waals surface area contributed by atoms with Crippen LogP contribution in [0.25, 0.3) is 0 Å². The quantitative estimate of drug-likeness (QED) is 0.563. The summed E-state index contributed by atoms with van der Waals surface area (Å²) in [5.41, 5.74) is 0.627. The molecule has 9 heteroatoms. The molecule has 0 saturated heterocycles. The van der Waals surface area contributed by atoms with Crippen LogP contribution < -0.4 is 9.46 Å². The Kier molecular flexibility index (Phi) is 6.30. The van der Waals surface area contributed by atoms with Crippen LogP contribution >= 0.6 is 0 Å². The fourth-order valence-corrected chi connectivity index (χ4v) is 3.46. The predicted molar refractivity (Wildman–Crippen MR) is 101 cm³/mol. The van der Waals surface area contributed by atoms with Gasteiger partial charge in [0.2, 0.25) is 10.0 Å². The van der Waals surface area contributed by atoms with Gasteiger partial charge in [0, 0.05) is 0 Å². The zero-order valence-electron chi connectivity index (χ0n) is 15.4. The minimum Gasteiger partial charge on any atom is -0.494 e. The van der Waals surface area contributed by atoms with Gasteiger partial charge in [0.05, 0.1) is 30.4 Å². The first kappa shape index (κ1) is 20.6. The summed E-state index contributed by atoms with van der Waals surface area (Å²) in [6, 6.07) is 12.8. The van der Waals surface area contributed by atoms with E-state index in [9.17, 15) is 17.6 Å². The van der Waals surface area contributed by atoms with Crippen LogP contribution in [0.2, 0.25) is 0 Å². The number of esters is 1. The van der Waals surface area contributed by atoms with E-state index >= 15 is 0 Å². The van der Waals surface area contributed by atoms with Crippen molar-refractivity contribution in [2.24, 2.45) is 0 Å². The fourth-order valence-electron chi connectivity index (χ4n) is 2.46. The highest BCUT2D eigenvalue weighted by atomic mass is 32.2. The lowest BCUT2D eigenvalue weighted by molar-refractivity contribution is 0.0472. The molecule has 0 bridgehead atoms. The Morgan fingerprint density at radius 1 is 1.14 bits per heavy atom. The van der Waals surface area contributed by atoms with Crippen molar-refractivity contribution in [3.8, 4) is 5.75 Å². The van der Waals surface area contributed by atoms with Gasteiger partial charge in [0.25, 0.3) is 0 Å². The van der Waals surface area contributed by atoms with Crippen LogP contribution in [0.4, 0.5) is 4.39 Å². The molecule has 1 aromatic heterocycles. The average Bonchev–Trinajstić information content (AvgIpc) is 3.24. The molecule has 2 aromatic carbocycles. The van der Waals surface area contributed by atoms with Crippen molar-refractivity contribution in [2.45, 2.75) is 18.0 Å². The smallest absolute Gasteiger partial charge is 0.338 e. The third kappa shape index (κ3) is 5.21. The van der Waals surface area contributed by atoms with E-state index in [0.717, 1.165) is 0 Å². The Bertz CT molecular complexity index is 1080. The van der Waals surface area contributed by atoms with Gasteiger partial charge in [-0.25, -0.2) is 22.3 Å². The number of benzene rings is 2. The van der Waals surface area contributed by atoms with Crippen LogP contribution in [0, 0.1) is 5.82 Å². The summed E-state index contributed by atoms with van der Waals surface area (Å²) in [5, 5.41) is 0. The Balaban J connectivity index is 1.60. The molecule has 0 spiro atoms. The summed E-state index contributed by atoms with van der Waals surface area (Å²) in [6.45, 7) is -0.123. The molecular weight excluding hydrogens is 401 g/mol. The molecule has 0 unspecified atom stereocenters. The number of nitrogens with one attached hydrogen (secondary N) is 1. The van der Waals surface area contributed by atoms with E-state index in [1.807, 2.05) is 0 Å². The number of ether oxygens (including phenoxy) is 2. The number of furan rings is 1. The van der Waals surface area contributed by atoms with Crippen molar-refractivity contribution >= 4 is 16.0 Å². The molecule has 7 nitrogen and oxygen atoms in total. The summed E-state index contributed by atoms with van der Waals surface area (Å²) in [4.78, 5) is 12.1. The highest BCUT2D eigenvalue weighted by Gasteiger charge is 2.16. The molecule has 152 valence electrons. The lowest BCUT2D eigenvalue weighted by Crippen LogP contribution is -2.23. The molecule has 0 radical (unpaired) electrons. The fraction of sp³-hybridized carbons (Fsp3) is 0.150. The molecule has 3 aromatic rings. The van der Waals surface area contributed by atoms with E-state index in [4.69, 9.17) is 13.9 Å². The lowest BCUT2D eigenvalue weighted by Gasteiger charge is -2.08. The van der Waals surface area contributed by atoms with Crippen molar-refractivity contribution in [2.75, 3.05) is 7.11 Å². The lowest BCUT2D eigenvalue weighted by atomic mass is 10.2. The highest BCUT2D eigenvalue weighted by Crippen LogP contribution is 2.19. The predicted octanol–water partition coefficient (Wildman–Crippen LogP) is 3.26. The first-order chi connectivity index (χ1) is 13.9. The second-order valence-electron chi connectivity index (χ2n) is 5.97. The molecule has 29 heavy (non-hydrogen) atoms. The van der Waals surface area contributed by atoms with Gasteiger partial charge < -0.3 is 13.9 Å². The molecule has 1 N–H and O–H groups in total. The third-order valence-corrected chi connectivity index (χ3v) is 5.42. The number of rotatable bonds is 8. The van der Waals surface area contributed by atoms with Gasteiger partial charge in [0.1, 0.15) is 12.4 Å². The van der Waals surface area contributed by atoms with Crippen LogP contribution in [-0.2, 0) is 27.9 Å². The standard InChI is InChI=1S/C20H18FNO6S/c1-26-19-9-4-14(11-18(19)21)13-28-20(23)15-5-7-17(8-6-15)29(24,25)22-12-16-3-2-10-27-16/h2-11,22H,12-13H2,1H3. The van der Waals surface area contributed by atoms with Gasteiger partial charge >= 0.3 is 5.97 Å². The zero-order valence-corrected chi connectivity index (χ0v) is 16.2. The number of halogens is 1. The first-order valence-corrected chi connectivity index (χ1v) is 9.99. The van der Waals surface area contributed by atoms with E-state index in [-0.39, 0.29) is 29.4 Å². The van der Waals surface area contributed by atoms with Crippen LogP contribution in [0.15, 0.2) is 70.2 Å².